The molecule has 0 unspecified atom stereocenters. The second-order valence-electron chi connectivity index (χ2n) is 7.00. The molecule has 0 spiro atoms. The van der Waals surface area contributed by atoms with Crippen molar-refractivity contribution in [2.75, 3.05) is 26.2 Å². The number of carbonyl (C=O) groups excluding carboxylic acids is 1. The lowest BCUT2D eigenvalue weighted by Crippen LogP contribution is -2.50. The zero-order valence-corrected chi connectivity index (χ0v) is 17.0. The molecule has 1 fully saturated rings. The molecule has 2 aromatic carbocycles. The molecule has 5 nitrogen and oxygen atoms in total. The summed E-state index contributed by atoms with van der Waals surface area (Å²) in [5.74, 6) is -2.05. The minimum atomic E-state index is -4.17. The van der Waals surface area contributed by atoms with Crippen LogP contribution in [0.5, 0.6) is 0 Å². The van der Waals surface area contributed by atoms with Crippen LogP contribution < -0.4 is 0 Å². The van der Waals surface area contributed by atoms with Crippen LogP contribution in [0.25, 0.3) is 6.08 Å². The van der Waals surface area contributed by atoms with Crippen LogP contribution in [0.3, 0.4) is 0 Å². The highest BCUT2D eigenvalue weighted by molar-refractivity contribution is 7.89. The molecular weight excluding hydrogens is 398 g/mol. The quantitative estimate of drug-likeness (QED) is 0.714. The van der Waals surface area contributed by atoms with Crippen molar-refractivity contribution < 1.29 is 22.0 Å². The number of halogens is 2. The molecule has 29 heavy (non-hydrogen) atoms. The Balaban J connectivity index is 1.66. The van der Waals surface area contributed by atoms with Crippen LogP contribution in [0.2, 0.25) is 0 Å². The average Bonchev–Trinajstić information content (AvgIpc) is 2.69. The monoisotopic (exact) mass is 420 g/mol. The second-order valence-corrected chi connectivity index (χ2v) is 8.90. The number of carbonyl (C=O) groups is 1. The summed E-state index contributed by atoms with van der Waals surface area (Å²) in [6, 6.07) is 8.26. The summed E-state index contributed by atoms with van der Waals surface area (Å²) < 4.78 is 53.6. The van der Waals surface area contributed by atoms with Gasteiger partial charge in [-0.15, -0.1) is 0 Å². The van der Waals surface area contributed by atoms with Gasteiger partial charge < -0.3 is 4.90 Å². The van der Waals surface area contributed by atoms with Gasteiger partial charge in [0.05, 0.1) is 0 Å². The number of sulfonamides is 1. The van der Waals surface area contributed by atoms with Crippen molar-refractivity contribution in [3.63, 3.8) is 0 Å². The van der Waals surface area contributed by atoms with Crippen molar-refractivity contribution in [3.05, 3.63) is 70.8 Å². The number of piperazine rings is 1. The molecule has 0 atom stereocenters. The van der Waals surface area contributed by atoms with Crippen molar-refractivity contribution in [3.8, 4) is 0 Å². The van der Waals surface area contributed by atoms with E-state index in [-0.39, 0.29) is 32.1 Å². The maximum Gasteiger partial charge on any atom is 0.246 e. The fourth-order valence-corrected chi connectivity index (χ4v) is 4.74. The summed E-state index contributed by atoms with van der Waals surface area (Å²) in [6.07, 6.45) is 3.20. The molecule has 2 aromatic rings. The maximum absolute atomic E-state index is 13.9. The highest BCUT2D eigenvalue weighted by Gasteiger charge is 2.31. The van der Waals surface area contributed by atoms with Gasteiger partial charge in [0.25, 0.3) is 0 Å². The molecule has 0 bridgehead atoms. The van der Waals surface area contributed by atoms with Gasteiger partial charge in [0.15, 0.2) is 0 Å². The Labute approximate surface area is 169 Å². The molecule has 8 heteroatoms. The molecule has 1 heterocycles. The maximum atomic E-state index is 13.9. The minimum Gasteiger partial charge on any atom is -0.337 e. The van der Waals surface area contributed by atoms with Crippen molar-refractivity contribution in [1.29, 1.82) is 0 Å². The summed E-state index contributed by atoms with van der Waals surface area (Å²) in [5.41, 5.74) is 3.13. The van der Waals surface area contributed by atoms with Crippen molar-refractivity contribution in [2.45, 2.75) is 18.7 Å². The smallest absolute Gasteiger partial charge is 0.246 e. The van der Waals surface area contributed by atoms with E-state index in [1.54, 1.807) is 6.08 Å². The summed E-state index contributed by atoms with van der Waals surface area (Å²) in [6.45, 7) is 4.34. The van der Waals surface area contributed by atoms with Gasteiger partial charge >= 0.3 is 0 Å². The SMILES string of the molecule is Cc1ccc(/C=C/C(=O)N2CCN(S(=O)(=O)c3cc(F)ccc3F)CC2)c(C)c1. The fraction of sp³-hybridized carbons (Fsp3) is 0.286. The lowest BCUT2D eigenvalue weighted by Gasteiger charge is -2.33. The number of aryl methyl sites for hydroxylation is 2. The first kappa shape index (κ1) is 21.1. The third-order valence-electron chi connectivity index (χ3n) is 4.89. The van der Waals surface area contributed by atoms with Crippen LogP contribution in [0.15, 0.2) is 47.4 Å². The van der Waals surface area contributed by atoms with Crippen molar-refractivity contribution in [1.82, 2.24) is 9.21 Å². The Kier molecular flexibility index (Phi) is 6.14. The van der Waals surface area contributed by atoms with E-state index < -0.39 is 26.6 Å². The van der Waals surface area contributed by atoms with Gasteiger partial charge in [0, 0.05) is 32.3 Å². The molecule has 1 aliphatic heterocycles. The lowest BCUT2D eigenvalue weighted by molar-refractivity contribution is -0.127. The summed E-state index contributed by atoms with van der Waals surface area (Å²) in [7, 11) is -4.17. The molecule has 0 radical (unpaired) electrons. The number of benzene rings is 2. The fourth-order valence-electron chi connectivity index (χ4n) is 3.24. The number of hydrogen-bond acceptors (Lipinski definition) is 3. The van der Waals surface area contributed by atoms with Gasteiger partial charge in [-0.1, -0.05) is 23.8 Å². The van der Waals surface area contributed by atoms with E-state index in [0.717, 1.165) is 33.1 Å². The van der Waals surface area contributed by atoms with Gasteiger partial charge in [-0.3, -0.25) is 4.79 Å². The zero-order valence-electron chi connectivity index (χ0n) is 16.2. The number of rotatable bonds is 4. The van der Waals surface area contributed by atoms with Crippen LogP contribution in [-0.4, -0.2) is 49.7 Å². The molecular formula is C21H22F2N2O3S. The molecule has 1 saturated heterocycles. The first-order chi connectivity index (χ1) is 13.7. The van der Waals surface area contributed by atoms with E-state index in [4.69, 9.17) is 0 Å². The van der Waals surface area contributed by atoms with Crippen LogP contribution >= 0.6 is 0 Å². The molecule has 3 rings (SSSR count). The minimum absolute atomic E-state index is 0.0153. The average molecular weight is 420 g/mol. The standard InChI is InChI=1S/C21H22F2N2O3S/c1-15-3-4-17(16(2)13-15)5-8-21(26)24-9-11-25(12-10-24)29(27,28)20-14-18(22)6-7-19(20)23/h3-8,13-14H,9-12H2,1-2H3/b8-5+. The Bertz CT molecular complexity index is 1060. The van der Waals surface area contributed by atoms with Gasteiger partial charge in [-0.05, 0) is 49.2 Å². The van der Waals surface area contributed by atoms with E-state index in [0.29, 0.717) is 6.07 Å². The predicted octanol–water partition coefficient (Wildman–Crippen LogP) is 3.13. The Morgan fingerprint density at radius 1 is 1.00 bits per heavy atom. The van der Waals surface area contributed by atoms with Crippen LogP contribution in [-0.2, 0) is 14.8 Å². The highest BCUT2D eigenvalue weighted by atomic mass is 32.2. The molecule has 0 N–H and O–H groups in total. The first-order valence-electron chi connectivity index (χ1n) is 9.18. The summed E-state index contributed by atoms with van der Waals surface area (Å²) in [5, 5.41) is 0. The molecule has 0 aromatic heterocycles. The van der Waals surface area contributed by atoms with Crippen LogP contribution in [0, 0.1) is 25.5 Å². The van der Waals surface area contributed by atoms with Gasteiger partial charge in [0.2, 0.25) is 15.9 Å². The number of amides is 1. The lowest BCUT2D eigenvalue weighted by atomic mass is 10.1. The van der Waals surface area contributed by atoms with Gasteiger partial charge in [0.1, 0.15) is 16.5 Å². The number of nitrogens with zero attached hydrogens (tertiary/aromatic N) is 2. The van der Waals surface area contributed by atoms with Crippen molar-refractivity contribution >= 4 is 22.0 Å². The van der Waals surface area contributed by atoms with Crippen LogP contribution in [0.1, 0.15) is 16.7 Å². The van der Waals surface area contributed by atoms with Gasteiger partial charge in [-0.25, -0.2) is 17.2 Å². The summed E-state index contributed by atoms with van der Waals surface area (Å²) in [4.78, 5) is 13.3. The molecule has 1 aliphatic rings. The van der Waals surface area contributed by atoms with E-state index in [1.165, 1.54) is 11.0 Å². The van der Waals surface area contributed by atoms with E-state index >= 15 is 0 Å². The largest absolute Gasteiger partial charge is 0.337 e. The third-order valence-corrected chi connectivity index (χ3v) is 6.81. The van der Waals surface area contributed by atoms with E-state index in [2.05, 4.69) is 0 Å². The Morgan fingerprint density at radius 2 is 1.69 bits per heavy atom. The Hall–Kier alpha value is -2.58. The second kappa shape index (κ2) is 8.42. The molecule has 0 saturated carbocycles. The van der Waals surface area contributed by atoms with Crippen LogP contribution in [0.4, 0.5) is 8.78 Å². The highest BCUT2D eigenvalue weighted by Crippen LogP contribution is 2.22. The Morgan fingerprint density at radius 3 is 2.34 bits per heavy atom. The molecule has 154 valence electrons. The normalized spacial score (nSPS) is 15.8. The number of hydrogen-bond donors (Lipinski definition) is 0. The van der Waals surface area contributed by atoms with Gasteiger partial charge in [-0.2, -0.15) is 4.31 Å². The predicted molar refractivity (Wildman–Crippen MR) is 107 cm³/mol. The van der Waals surface area contributed by atoms with E-state index in [9.17, 15) is 22.0 Å². The molecule has 0 aliphatic carbocycles. The zero-order chi connectivity index (χ0) is 21.2. The molecule has 1 amide bonds. The third kappa shape index (κ3) is 4.71. The van der Waals surface area contributed by atoms with E-state index in [1.807, 2.05) is 32.0 Å². The first-order valence-corrected chi connectivity index (χ1v) is 10.6. The van der Waals surface area contributed by atoms with Crippen molar-refractivity contribution in [2.24, 2.45) is 0 Å². The summed E-state index contributed by atoms with van der Waals surface area (Å²) >= 11 is 0. The topological polar surface area (TPSA) is 57.7 Å².